The first-order valence-corrected chi connectivity index (χ1v) is 6.05. The van der Waals surface area contributed by atoms with Gasteiger partial charge in [-0.1, -0.05) is 15.9 Å². The topological polar surface area (TPSA) is 6.48 Å². The highest BCUT2D eigenvalue weighted by molar-refractivity contribution is 9.09. The van der Waals surface area contributed by atoms with Gasteiger partial charge in [-0.2, -0.15) is 0 Å². The normalized spacial score (nSPS) is 20.8. The minimum Gasteiger partial charge on any atom is -0.301 e. The summed E-state index contributed by atoms with van der Waals surface area (Å²) in [7, 11) is 0. The fourth-order valence-electron chi connectivity index (χ4n) is 1.64. The molecule has 0 aromatic heterocycles. The second kappa shape index (κ2) is 6.74. The van der Waals surface area contributed by atoms with E-state index in [4.69, 9.17) is 0 Å². The first-order chi connectivity index (χ1) is 6.36. The zero-order valence-electron chi connectivity index (χ0n) is 8.01. The van der Waals surface area contributed by atoms with E-state index in [0.717, 1.165) is 44.6 Å². The molecule has 0 N–H and O–H groups in total. The molecule has 0 spiro atoms. The van der Waals surface area contributed by atoms with E-state index in [1.807, 2.05) is 0 Å². The summed E-state index contributed by atoms with van der Waals surface area (Å²) in [5.41, 5.74) is 0. The summed E-state index contributed by atoms with van der Waals surface area (Å²) in [6.07, 6.45) is 0.693. The highest BCUT2D eigenvalue weighted by Gasteiger charge is 2.15. The van der Waals surface area contributed by atoms with Gasteiger partial charge in [0.05, 0.1) is 6.67 Å². The Bertz CT molecular complexity index is 127. The van der Waals surface area contributed by atoms with E-state index >= 15 is 0 Å². The van der Waals surface area contributed by atoms with Gasteiger partial charge in [-0.25, -0.2) is 0 Å². The van der Waals surface area contributed by atoms with Crippen LogP contribution in [0.15, 0.2) is 0 Å². The molecule has 1 aliphatic rings. The molecule has 4 heteroatoms. The Kier molecular flexibility index (Phi) is 5.91. The number of nitrogens with zero attached hydrogens (tertiary/aromatic N) is 2. The van der Waals surface area contributed by atoms with Crippen LogP contribution in [0.3, 0.4) is 0 Å². The predicted molar refractivity (Wildman–Crippen MR) is 57.3 cm³/mol. The average molecular weight is 253 g/mol. The lowest BCUT2D eigenvalue weighted by atomic mass is 10.3. The van der Waals surface area contributed by atoms with Gasteiger partial charge in [0.2, 0.25) is 0 Å². The molecule has 1 aliphatic heterocycles. The number of hydrogen-bond donors (Lipinski definition) is 0. The van der Waals surface area contributed by atoms with Gasteiger partial charge < -0.3 is 4.90 Å². The molecule has 0 atom stereocenters. The lowest BCUT2D eigenvalue weighted by molar-refractivity contribution is 0.135. The predicted octanol–water partition coefficient (Wildman–Crippen LogP) is 1.36. The third-order valence-electron chi connectivity index (χ3n) is 2.47. The van der Waals surface area contributed by atoms with Crippen LogP contribution in [0.5, 0.6) is 0 Å². The average Bonchev–Trinajstić information content (AvgIpc) is 2.17. The minimum atomic E-state index is -0.179. The Balaban J connectivity index is 2.08. The fourth-order valence-corrected chi connectivity index (χ4v) is 2.14. The summed E-state index contributed by atoms with van der Waals surface area (Å²) < 4.78 is 11.9. The Morgan fingerprint density at radius 1 is 1.00 bits per heavy atom. The van der Waals surface area contributed by atoms with Crippen LogP contribution in [0.4, 0.5) is 4.39 Å². The van der Waals surface area contributed by atoms with Crippen LogP contribution in [0.1, 0.15) is 6.42 Å². The monoisotopic (exact) mass is 252 g/mol. The van der Waals surface area contributed by atoms with E-state index < -0.39 is 0 Å². The van der Waals surface area contributed by atoms with Crippen LogP contribution in [0, 0.1) is 0 Å². The summed E-state index contributed by atoms with van der Waals surface area (Å²) in [6, 6.07) is 0. The van der Waals surface area contributed by atoms with Gasteiger partial charge in [0.25, 0.3) is 0 Å². The Hall–Kier alpha value is 0.330. The number of piperazine rings is 1. The molecule has 2 nitrogen and oxygen atoms in total. The number of hydrogen-bond acceptors (Lipinski definition) is 2. The maximum Gasteiger partial charge on any atom is 0.0906 e. The summed E-state index contributed by atoms with van der Waals surface area (Å²) in [5.74, 6) is 0. The van der Waals surface area contributed by atoms with Crippen molar-refractivity contribution in [3.8, 4) is 0 Å². The molecular formula is C9H18BrFN2. The first-order valence-electron chi connectivity index (χ1n) is 4.93. The highest BCUT2D eigenvalue weighted by atomic mass is 79.9. The van der Waals surface area contributed by atoms with Gasteiger partial charge in [-0.05, 0) is 6.42 Å². The number of halogens is 2. The molecule has 0 saturated carbocycles. The second-order valence-corrected chi connectivity index (χ2v) is 4.21. The minimum absolute atomic E-state index is 0.179. The quantitative estimate of drug-likeness (QED) is 0.682. The van der Waals surface area contributed by atoms with Crippen molar-refractivity contribution in [1.82, 2.24) is 9.80 Å². The van der Waals surface area contributed by atoms with Crippen molar-refractivity contribution >= 4 is 15.9 Å². The van der Waals surface area contributed by atoms with Crippen LogP contribution < -0.4 is 0 Å². The van der Waals surface area contributed by atoms with Crippen molar-refractivity contribution in [1.29, 1.82) is 0 Å². The maximum atomic E-state index is 11.9. The van der Waals surface area contributed by atoms with E-state index in [2.05, 4.69) is 25.7 Å². The van der Waals surface area contributed by atoms with E-state index in [-0.39, 0.29) is 6.67 Å². The van der Waals surface area contributed by atoms with Crippen LogP contribution in [0.2, 0.25) is 0 Å². The van der Waals surface area contributed by atoms with Crippen molar-refractivity contribution < 1.29 is 4.39 Å². The van der Waals surface area contributed by atoms with Crippen molar-refractivity contribution in [2.24, 2.45) is 0 Å². The molecule has 1 heterocycles. The van der Waals surface area contributed by atoms with Crippen molar-refractivity contribution in [2.75, 3.05) is 51.3 Å². The fraction of sp³-hybridized carbons (Fsp3) is 1.00. The molecule has 0 bridgehead atoms. The molecule has 0 unspecified atom stereocenters. The SMILES string of the molecule is FCCCN1CCN(CCBr)CC1. The van der Waals surface area contributed by atoms with E-state index in [1.54, 1.807) is 0 Å². The highest BCUT2D eigenvalue weighted by Crippen LogP contribution is 2.02. The molecule has 0 radical (unpaired) electrons. The third-order valence-corrected chi connectivity index (χ3v) is 2.83. The Morgan fingerprint density at radius 3 is 2.00 bits per heavy atom. The summed E-state index contributed by atoms with van der Waals surface area (Å²) >= 11 is 3.44. The molecule has 0 aromatic rings. The number of alkyl halides is 2. The molecule has 0 aromatic carbocycles. The summed E-state index contributed by atoms with van der Waals surface area (Å²) in [6.45, 7) is 6.37. The molecular weight excluding hydrogens is 235 g/mol. The van der Waals surface area contributed by atoms with Crippen molar-refractivity contribution in [3.63, 3.8) is 0 Å². The van der Waals surface area contributed by atoms with Gasteiger partial charge in [0.1, 0.15) is 0 Å². The molecule has 1 rings (SSSR count). The third kappa shape index (κ3) is 4.38. The first kappa shape index (κ1) is 11.4. The Labute approximate surface area is 88.2 Å². The molecule has 78 valence electrons. The lowest BCUT2D eigenvalue weighted by Crippen LogP contribution is -2.47. The molecule has 13 heavy (non-hydrogen) atoms. The van der Waals surface area contributed by atoms with Gasteiger partial charge >= 0.3 is 0 Å². The van der Waals surface area contributed by atoms with Gasteiger partial charge in [0, 0.05) is 44.6 Å². The van der Waals surface area contributed by atoms with Crippen LogP contribution in [-0.2, 0) is 0 Å². The van der Waals surface area contributed by atoms with Gasteiger partial charge in [-0.15, -0.1) is 0 Å². The zero-order chi connectivity index (χ0) is 9.52. The van der Waals surface area contributed by atoms with Gasteiger partial charge in [-0.3, -0.25) is 9.29 Å². The Morgan fingerprint density at radius 2 is 1.54 bits per heavy atom. The summed E-state index contributed by atoms with van der Waals surface area (Å²) in [5, 5.41) is 1.05. The molecule has 1 saturated heterocycles. The van der Waals surface area contributed by atoms with E-state index in [1.165, 1.54) is 0 Å². The number of rotatable bonds is 5. The van der Waals surface area contributed by atoms with Gasteiger partial charge in [0.15, 0.2) is 0 Å². The van der Waals surface area contributed by atoms with Crippen LogP contribution in [-0.4, -0.2) is 61.1 Å². The van der Waals surface area contributed by atoms with E-state index in [9.17, 15) is 4.39 Å². The van der Waals surface area contributed by atoms with Crippen LogP contribution in [0.25, 0.3) is 0 Å². The van der Waals surface area contributed by atoms with Crippen LogP contribution >= 0.6 is 15.9 Å². The largest absolute Gasteiger partial charge is 0.301 e. The summed E-state index contributed by atoms with van der Waals surface area (Å²) in [4.78, 5) is 4.80. The zero-order valence-corrected chi connectivity index (χ0v) is 9.60. The smallest absolute Gasteiger partial charge is 0.0906 e. The molecule has 1 fully saturated rings. The molecule has 0 amide bonds. The standard InChI is InChI=1S/C9H18BrFN2/c10-2-5-13-8-6-12(7-9-13)4-1-3-11/h1-9H2. The van der Waals surface area contributed by atoms with E-state index in [0.29, 0.717) is 6.42 Å². The maximum absolute atomic E-state index is 11.9. The second-order valence-electron chi connectivity index (χ2n) is 3.41. The van der Waals surface area contributed by atoms with Crippen molar-refractivity contribution in [3.05, 3.63) is 0 Å². The lowest BCUT2D eigenvalue weighted by Gasteiger charge is -2.34. The molecule has 0 aliphatic carbocycles. The van der Waals surface area contributed by atoms with Crippen molar-refractivity contribution in [2.45, 2.75) is 6.42 Å².